The number of amides is 1. The van der Waals surface area contributed by atoms with Gasteiger partial charge in [0.05, 0.1) is 17.4 Å². The monoisotopic (exact) mass is 397 g/mol. The van der Waals surface area contributed by atoms with Crippen molar-refractivity contribution in [1.82, 2.24) is 14.5 Å². The molecule has 3 aromatic carbocycles. The van der Waals surface area contributed by atoms with Crippen molar-refractivity contribution in [3.05, 3.63) is 73.6 Å². The summed E-state index contributed by atoms with van der Waals surface area (Å²) >= 11 is 0. The summed E-state index contributed by atoms with van der Waals surface area (Å²) in [7, 11) is 0. The third kappa shape index (κ3) is 3.12. The molecular weight excluding hydrogens is 374 g/mol. The van der Waals surface area contributed by atoms with Crippen LogP contribution in [0.3, 0.4) is 0 Å². The molecule has 0 saturated carbocycles. The lowest BCUT2D eigenvalue weighted by molar-refractivity contribution is -0.127. The summed E-state index contributed by atoms with van der Waals surface area (Å²) in [5.41, 5.74) is 4.09. The fourth-order valence-corrected chi connectivity index (χ4v) is 4.51. The number of hydrogen-bond donors (Lipinski definition) is 1. The SMILES string of the molecule is C=CC(=O)N1CCC(n2cnc3ccc(-c4cc(O)cc5ccccc45)cc32)CC1. The van der Waals surface area contributed by atoms with Crippen LogP contribution in [0.25, 0.3) is 32.9 Å². The summed E-state index contributed by atoms with van der Waals surface area (Å²) < 4.78 is 2.24. The molecular formula is C25H23N3O2. The summed E-state index contributed by atoms with van der Waals surface area (Å²) in [5, 5.41) is 12.4. The van der Waals surface area contributed by atoms with E-state index in [9.17, 15) is 9.90 Å². The third-order valence-corrected chi connectivity index (χ3v) is 6.08. The maximum absolute atomic E-state index is 11.9. The second kappa shape index (κ2) is 7.34. The molecule has 0 atom stereocenters. The summed E-state index contributed by atoms with van der Waals surface area (Å²) in [6.07, 6.45) is 5.08. The number of phenolic OH excluding ortho intramolecular Hbond substituents is 1. The molecule has 1 amide bonds. The topological polar surface area (TPSA) is 58.4 Å². The first kappa shape index (κ1) is 18.4. The van der Waals surface area contributed by atoms with Crippen molar-refractivity contribution in [2.75, 3.05) is 13.1 Å². The van der Waals surface area contributed by atoms with Crippen molar-refractivity contribution < 1.29 is 9.90 Å². The van der Waals surface area contributed by atoms with Gasteiger partial charge in [0.1, 0.15) is 5.75 Å². The molecule has 1 saturated heterocycles. The number of likely N-dealkylation sites (tertiary alicyclic amines) is 1. The molecule has 5 heteroatoms. The van der Waals surface area contributed by atoms with Gasteiger partial charge in [-0.15, -0.1) is 0 Å². The van der Waals surface area contributed by atoms with Crippen molar-refractivity contribution in [2.45, 2.75) is 18.9 Å². The molecule has 0 unspecified atom stereocenters. The number of carbonyl (C=O) groups is 1. The van der Waals surface area contributed by atoms with E-state index < -0.39 is 0 Å². The van der Waals surface area contributed by atoms with Crippen LogP contribution in [0.15, 0.2) is 73.6 Å². The van der Waals surface area contributed by atoms with Crippen LogP contribution in [0.4, 0.5) is 0 Å². The van der Waals surface area contributed by atoms with Crippen LogP contribution in [0, 0.1) is 0 Å². The molecule has 4 aromatic rings. The number of nitrogens with zero attached hydrogens (tertiary/aromatic N) is 3. The zero-order chi connectivity index (χ0) is 20.7. The third-order valence-electron chi connectivity index (χ3n) is 6.08. The molecule has 5 nitrogen and oxygen atoms in total. The average Bonchev–Trinajstić information content (AvgIpc) is 3.21. The first-order chi connectivity index (χ1) is 14.6. The Morgan fingerprint density at radius 3 is 2.70 bits per heavy atom. The number of hydrogen-bond acceptors (Lipinski definition) is 3. The predicted molar refractivity (Wildman–Crippen MR) is 119 cm³/mol. The lowest BCUT2D eigenvalue weighted by Gasteiger charge is -2.32. The Balaban J connectivity index is 1.54. The number of imidazole rings is 1. The first-order valence-corrected chi connectivity index (χ1v) is 10.2. The lowest BCUT2D eigenvalue weighted by atomic mass is 9.97. The standard InChI is InChI=1S/C25H23N3O2/c1-2-25(30)27-11-9-19(10-12-27)28-16-26-23-8-7-18(14-24(23)28)22-15-20(29)13-17-5-3-4-6-21(17)22/h2-8,13-16,19,29H,1,9-12H2. The van der Waals surface area contributed by atoms with E-state index in [-0.39, 0.29) is 11.7 Å². The smallest absolute Gasteiger partial charge is 0.245 e. The number of benzene rings is 3. The number of aromatic hydroxyl groups is 1. The summed E-state index contributed by atoms with van der Waals surface area (Å²) in [5.74, 6) is 0.263. The first-order valence-electron chi connectivity index (χ1n) is 10.2. The highest BCUT2D eigenvalue weighted by Gasteiger charge is 2.23. The van der Waals surface area contributed by atoms with Gasteiger partial charge in [-0.3, -0.25) is 4.79 Å². The maximum atomic E-state index is 11.9. The number of aromatic nitrogens is 2. The minimum absolute atomic E-state index is 0.00184. The zero-order valence-electron chi connectivity index (χ0n) is 16.7. The fraction of sp³-hybridized carbons (Fsp3) is 0.200. The van der Waals surface area contributed by atoms with Gasteiger partial charge >= 0.3 is 0 Å². The van der Waals surface area contributed by atoms with Gasteiger partial charge in [-0.05, 0) is 65.1 Å². The van der Waals surface area contributed by atoms with Gasteiger partial charge < -0.3 is 14.6 Å². The van der Waals surface area contributed by atoms with Crippen molar-refractivity contribution in [3.8, 4) is 16.9 Å². The minimum Gasteiger partial charge on any atom is -0.508 e. The van der Waals surface area contributed by atoms with Crippen molar-refractivity contribution >= 4 is 27.7 Å². The second-order valence-corrected chi connectivity index (χ2v) is 7.83. The van der Waals surface area contributed by atoms with E-state index >= 15 is 0 Å². The predicted octanol–water partition coefficient (Wildman–Crippen LogP) is 4.91. The van der Waals surface area contributed by atoms with Crippen LogP contribution in [0.5, 0.6) is 5.75 Å². The van der Waals surface area contributed by atoms with E-state index in [1.807, 2.05) is 41.6 Å². The Morgan fingerprint density at radius 2 is 1.90 bits per heavy atom. The van der Waals surface area contributed by atoms with E-state index in [2.05, 4.69) is 34.3 Å². The Hall–Kier alpha value is -3.60. The van der Waals surface area contributed by atoms with Gasteiger partial charge in [-0.2, -0.15) is 0 Å². The van der Waals surface area contributed by atoms with E-state index in [0.29, 0.717) is 6.04 Å². The Morgan fingerprint density at radius 1 is 1.10 bits per heavy atom. The Kier molecular flexibility index (Phi) is 4.51. The van der Waals surface area contributed by atoms with Crippen LogP contribution in [-0.4, -0.2) is 38.6 Å². The fourth-order valence-electron chi connectivity index (χ4n) is 4.51. The van der Waals surface area contributed by atoms with Crippen molar-refractivity contribution in [3.63, 3.8) is 0 Å². The zero-order valence-corrected chi connectivity index (χ0v) is 16.7. The minimum atomic E-state index is 0.00184. The number of rotatable bonds is 3. The van der Waals surface area contributed by atoms with Gasteiger partial charge in [-0.25, -0.2) is 4.98 Å². The van der Waals surface area contributed by atoms with Gasteiger partial charge in [0, 0.05) is 19.1 Å². The molecule has 1 fully saturated rings. The summed E-state index contributed by atoms with van der Waals surface area (Å²) in [4.78, 5) is 18.3. The quantitative estimate of drug-likeness (QED) is 0.500. The van der Waals surface area contributed by atoms with Gasteiger partial charge in [0.2, 0.25) is 5.91 Å². The summed E-state index contributed by atoms with van der Waals surface area (Å²) in [6, 6.07) is 18.3. The van der Waals surface area contributed by atoms with Crippen LogP contribution in [-0.2, 0) is 4.79 Å². The molecule has 150 valence electrons. The highest BCUT2D eigenvalue weighted by atomic mass is 16.3. The van der Waals surface area contributed by atoms with E-state index in [0.717, 1.165) is 58.9 Å². The largest absolute Gasteiger partial charge is 0.508 e. The molecule has 0 bridgehead atoms. The molecule has 1 aliphatic heterocycles. The van der Waals surface area contributed by atoms with E-state index in [1.54, 1.807) is 6.07 Å². The molecule has 2 heterocycles. The molecule has 0 spiro atoms. The van der Waals surface area contributed by atoms with Crippen LogP contribution < -0.4 is 0 Å². The second-order valence-electron chi connectivity index (χ2n) is 7.83. The number of phenols is 1. The van der Waals surface area contributed by atoms with Crippen LogP contribution in [0.2, 0.25) is 0 Å². The van der Waals surface area contributed by atoms with Crippen molar-refractivity contribution in [2.24, 2.45) is 0 Å². The number of fused-ring (bicyclic) bond motifs is 2. The molecule has 5 rings (SSSR count). The highest BCUT2D eigenvalue weighted by Crippen LogP contribution is 2.35. The van der Waals surface area contributed by atoms with Gasteiger partial charge in [-0.1, -0.05) is 36.9 Å². The van der Waals surface area contributed by atoms with Gasteiger partial charge in [0.15, 0.2) is 0 Å². The lowest BCUT2D eigenvalue weighted by Crippen LogP contribution is -2.37. The molecule has 30 heavy (non-hydrogen) atoms. The average molecular weight is 397 g/mol. The van der Waals surface area contributed by atoms with Crippen molar-refractivity contribution in [1.29, 1.82) is 0 Å². The molecule has 0 aliphatic carbocycles. The Labute approximate surface area is 174 Å². The molecule has 1 aromatic heterocycles. The maximum Gasteiger partial charge on any atom is 0.245 e. The molecule has 1 aliphatic rings. The van der Waals surface area contributed by atoms with E-state index in [4.69, 9.17) is 0 Å². The summed E-state index contributed by atoms with van der Waals surface area (Å²) in [6.45, 7) is 5.04. The number of carbonyl (C=O) groups excluding carboxylic acids is 1. The van der Waals surface area contributed by atoms with Crippen LogP contribution in [0.1, 0.15) is 18.9 Å². The molecule has 0 radical (unpaired) electrons. The van der Waals surface area contributed by atoms with Crippen LogP contribution >= 0.6 is 0 Å². The molecule has 1 N–H and O–H groups in total. The number of piperidine rings is 1. The Bertz CT molecular complexity index is 1270. The van der Waals surface area contributed by atoms with E-state index in [1.165, 1.54) is 6.08 Å². The van der Waals surface area contributed by atoms with Gasteiger partial charge in [0.25, 0.3) is 0 Å². The highest BCUT2D eigenvalue weighted by molar-refractivity contribution is 5.99. The normalized spacial score (nSPS) is 15.0.